The van der Waals surface area contributed by atoms with Gasteiger partial charge in [-0.3, -0.25) is 4.79 Å². The minimum absolute atomic E-state index is 0.0753. The number of hydrogen-bond acceptors (Lipinski definition) is 2. The van der Waals surface area contributed by atoms with Crippen LogP contribution in [-0.4, -0.2) is 28.0 Å². The predicted octanol–water partition coefficient (Wildman–Crippen LogP) is 1.22. The van der Waals surface area contributed by atoms with Crippen molar-refractivity contribution in [2.45, 2.75) is 18.6 Å². The molecule has 1 aromatic heterocycles. The average Bonchev–Trinajstić information content (AvgIpc) is 2.64. The molecule has 0 aliphatic rings. The highest BCUT2D eigenvalue weighted by Gasteiger charge is 2.63. The van der Waals surface area contributed by atoms with E-state index < -0.39 is 24.6 Å². The van der Waals surface area contributed by atoms with Gasteiger partial charge in [0.15, 0.2) is 0 Å². The third-order valence-electron chi connectivity index (χ3n) is 1.61. The van der Waals surface area contributed by atoms with Gasteiger partial charge in [0.1, 0.15) is 5.82 Å². The molecule has 4 nitrogen and oxygen atoms in total. The van der Waals surface area contributed by atoms with Gasteiger partial charge in [0.2, 0.25) is 0 Å². The lowest BCUT2D eigenvalue weighted by atomic mass is 10.3. The van der Waals surface area contributed by atoms with E-state index in [0.29, 0.717) is 0 Å². The number of halogens is 5. The number of H-pyrrole nitrogens is 1. The molecule has 1 aromatic rings. The van der Waals surface area contributed by atoms with E-state index in [0.717, 1.165) is 0 Å². The van der Waals surface area contributed by atoms with Crippen LogP contribution in [0.5, 0.6) is 0 Å². The first-order valence-corrected chi connectivity index (χ1v) is 3.96. The van der Waals surface area contributed by atoms with Crippen molar-refractivity contribution in [2.24, 2.45) is 0 Å². The number of carbonyl (C=O) groups is 1. The molecule has 16 heavy (non-hydrogen) atoms. The highest BCUT2D eigenvalue weighted by atomic mass is 19.4. The van der Waals surface area contributed by atoms with Gasteiger partial charge in [0.25, 0.3) is 0 Å². The van der Waals surface area contributed by atoms with E-state index >= 15 is 0 Å². The van der Waals surface area contributed by atoms with Gasteiger partial charge >= 0.3 is 18.0 Å². The Bertz CT molecular complexity index is 359. The van der Waals surface area contributed by atoms with Crippen LogP contribution in [0.3, 0.4) is 0 Å². The Kier molecular flexibility index (Phi) is 3.15. The van der Waals surface area contributed by atoms with Crippen molar-refractivity contribution in [3.05, 3.63) is 18.2 Å². The average molecular weight is 243 g/mol. The largest absolute Gasteiger partial charge is 0.463 e. The minimum Gasteiger partial charge on any atom is -0.347 e. The first-order valence-electron chi connectivity index (χ1n) is 3.96. The molecule has 0 atom stereocenters. The predicted molar refractivity (Wildman–Crippen MR) is 41.4 cm³/mol. The number of aromatic nitrogens is 2. The third kappa shape index (κ3) is 2.47. The summed E-state index contributed by atoms with van der Waals surface area (Å²) < 4.78 is 59.9. The summed E-state index contributed by atoms with van der Waals surface area (Å²) in [7, 11) is 0. The molecule has 0 saturated heterocycles. The van der Waals surface area contributed by atoms with Crippen LogP contribution in [0.4, 0.5) is 22.0 Å². The van der Waals surface area contributed by atoms with Crippen molar-refractivity contribution in [3.63, 3.8) is 0 Å². The summed E-state index contributed by atoms with van der Waals surface area (Å²) in [5.74, 6) is -7.73. The summed E-state index contributed by atoms with van der Waals surface area (Å²) in [6.45, 7) is -0.530. The Labute approximate surface area is 85.9 Å². The molecular weight excluding hydrogens is 237 g/mol. The van der Waals surface area contributed by atoms with Gasteiger partial charge in [0.05, 0.1) is 6.54 Å². The van der Waals surface area contributed by atoms with Crippen LogP contribution >= 0.6 is 0 Å². The molecule has 0 spiro atoms. The Morgan fingerprint density at radius 2 is 2.00 bits per heavy atom. The number of carbonyl (C=O) groups excluding carboxylic acids is 1. The maximum absolute atomic E-state index is 12.4. The fourth-order valence-electron chi connectivity index (χ4n) is 0.798. The monoisotopic (exact) mass is 243 g/mol. The number of amides is 1. The normalized spacial score (nSPS) is 12.6. The minimum atomic E-state index is -5.90. The summed E-state index contributed by atoms with van der Waals surface area (Å²) in [6, 6.07) is 0. The molecule has 0 aliphatic heterocycles. The van der Waals surface area contributed by atoms with E-state index in [4.69, 9.17) is 0 Å². The third-order valence-corrected chi connectivity index (χ3v) is 1.61. The molecule has 1 heterocycles. The summed E-state index contributed by atoms with van der Waals surface area (Å²) in [5.41, 5.74) is 0. The summed E-state index contributed by atoms with van der Waals surface area (Å²) in [5, 5.41) is 1.43. The second kappa shape index (κ2) is 4.06. The molecule has 2 N–H and O–H groups in total. The Morgan fingerprint density at radius 3 is 2.44 bits per heavy atom. The highest BCUT2D eigenvalue weighted by Crippen LogP contribution is 2.35. The van der Waals surface area contributed by atoms with Crippen molar-refractivity contribution in [1.82, 2.24) is 15.3 Å². The number of alkyl halides is 5. The zero-order valence-electron chi connectivity index (χ0n) is 7.61. The van der Waals surface area contributed by atoms with Gasteiger partial charge in [-0.25, -0.2) is 4.98 Å². The van der Waals surface area contributed by atoms with Crippen LogP contribution in [0.15, 0.2) is 12.4 Å². The molecule has 0 aliphatic carbocycles. The van der Waals surface area contributed by atoms with Gasteiger partial charge in [-0.05, 0) is 0 Å². The van der Waals surface area contributed by atoms with Crippen LogP contribution in [0.1, 0.15) is 5.82 Å². The summed E-state index contributed by atoms with van der Waals surface area (Å²) in [6.07, 6.45) is -3.30. The number of nitrogens with zero attached hydrogens (tertiary/aromatic N) is 1. The van der Waals surface area contributed by atoms with Gasteiger partial charge < -0.3 is 10.3 Å². The van der Waals surface area contributed by atoms with E-state index in [-0.39, 0.29) is 5.82 Å². The Morgan fingerprint density at radius 1 is 1.38 bits per heavy atom. The molecule has 1 rings (SSSR count). The van der Waals surface area contributed by atoms with Gasteiger partial charge in [-0.15, -0.1) is 0 Å². The van der Waals surface area contributed by atoms with Crippen LogP contribution in [0.2, 0.25) is 0 Å². The van der Waals surface area contributed by atoms with E-state index in [9.17, 15) is 26.7 Å². The molecule has 0 bridgehead atoms. The Balaban J connectivity index is 2.59. The van der Waals surface area contributed by atoms with Crippen LogP contribution in [0, 0.1) is 0 Å². The topological polar surface area (TPSA) is 57.8 Å². The van der Waals surface area contributed by atoms with Gasteiger partial charge in [-0.1, -0.05) is 0 Å². The maximum atomic E-state index is 12.4. The number of rotatable bonds is 3. The van der Waals surface area contributed by atoms with Crippen molar-refractivity contribution in [1.29, 1.82) is 0 Å². The fraction of sp³-hybridized carbons (Fsp3) is 0.429. The van der Waals surface area contributed by atoms with Gasteiger partial charge in [-0.2, -0.15) is 22.0 Å². The van der Waals surface area contributed by atoms with Crippen molar-refractivity contribution < 1.29 is 26.7 Å². The highest BCUT2D eigenvalue weighted by molar-refractivity contribution is 5.84. The summed E-state index contributed by atoms with van der Waals surface area (Å²) in [4.78, 5) is 16.6. The molecule has 0 aromatic carbocycles. The van der Waals surface area contributed by atoms with Crippen molar-refractivity contribution >= 4 is 5.91 Å². The number of aromatic amines is 1. The van der Waals surface area contributed by atoms with Gasteiger partial charge in [0, 0.05) is 12.4 Å². The standard InChI is InChI=1S/C7H6F5N3O/c8-6(9,7(10,11)12)5(16)15-3-4-13-1-2-14-4/h1-2H,3H2,(H,13,14)(H,15,16). The first kappa shape index (κ1) is 12.4. The van der Waals surface area contributed by atoms with Crippen LogP contribution in [-0.2, 0) is 11.3 Å². The number of imidazole rings is 1. The summed E-state index contributed by atoms with van der Waals surface area (Å²) >= 11 is 0. The van der Waals surface area contributed by atoms with E-state index in [1.807, 2.05) is 0 Å². The number of hydrogen-bond donors (Lipinski definition) is 2. The molecule has 0 fully saturated rings. The first-order chi connectivity index (χ1) is 7.25. The molecule has 90 valence electrons. The van der Waals surface area contributed by atoms with Crippen LogP contribution < -0.4 is 5.32 Å². The molecule has 9 heteroatoms. The lowest BCUT2D eigenvalue weighted by molar-refractivity contribution is -0.269. The van der Waals surface area contributed by atoms with Crippen molar-refractivity contribution in [3.8, 4) is 0 Å². The zero-order valence-corrected chi connectivity index (χ0v) is 7.61. The van der Waals surface area contributed by atoms with Crippen molar-refractivity contribution in [2.75, 3.05) is 0 Å². The lowest BCUT2D eigenvalue weighted by Crippen LogP contribution is -2.50. The molecule has 0 saturated carbocycles. The van der Waals surface area contributed by atoms with E-state index in [1.165, 1.54) is 17.7 Å². The lowest BCUT2D eigenvalue weighted by Gasteiger charge is -2.18. The molecule has 1 amide bonds. The zero-order chi connectivity index (χ0) is 12.4. The van der Waals surface area contributed by atoms with E-state index in [1.54, 1.807) is 0 Å². The second-order valence-electron chi connectivity index (χ2n) is 2.79. The fourth-order valence-corrected chi connectivity index (χ4v) is 0.798. The number of nitrogens with one attached hydrogen (secondary N) is 2. The quantitative estimate of drug-likeness (QED) is 0.784. The molecule has 0 unspecified atom stereocenters. The molecular formula is C7H6F5N3O. The smallest absolute Gasteiger partial charge is 0.347 e. The SMILES string of the molecule is O=C(NCc1ncc[nH]1)C(F)(F)C(F)(F)F. The second-order valence-corrected chi connectivity index (χ2v) is 2.79. The maximum Gasteiger partial charge on any atom is 0.463 e. The molecule has 0 radical (unpaired) electrons. The van der Waals surface area contributed by atoms with E-state index in [2.05, 4.69) is 9.97 Å². The Hall–Kier alpha value is -1.67. The van der Waals surface area contributed by atoms with Crippen LogP contribution in [0.25, 0.3) is 0 Å².